The van der Waals surface area contributed by atoms with E-state index >= 15 is 0 Å². The molecule has 7 heteroatoms. The number of methoxy groups -OCH3 is 1. The van der Waals surface area contributed by atoms with Crippen molar-refractivity contribution >= 4 is 22.9 Å². The third kappa shape index (κ3) is 5.90. The number of carbonyl (C=O) groups is 1. The molecule has 1 aliphatic rings. The third-order valence-corrected chi connectivity index (χ3v) is 7.19. The molecule has 34 heavy (non-hydrogen) atoms. The van der Waals surface area contributed by atoms with Crippen molar-refractivity contribution < 1.29 is 14.3 Å². The normalized spacial score (nSPS) is 14.1. The Bertz CT molecular complexity index is 1110. The lowest BCUT2D eigenvalue weighted by atomic mass is 10.1. The number of aryl methyl sites for hydroxylation is 2. The van der Waals surface area contributed by atoms with Crippen molar-refractivity contribution in [3.8, 4) is 11.5 Å². The van der Waals surface area contributed by atoms with E-state index in [1.165, 1.54) is 28.2 Å². The first kappa shape index (κ1) is 24.1. The van der Waals surface area contributed by atoms with Crippen LogP contribution in [0, 0.1) is 13.8 Å². The molecular formula is C27H33N3O3S. The quantitative estimate of drug-likeness (QED) is 0.458. The molecule has 1 amide bonds. The number of hydrogen-bond donors (Lipinski definition) is 1. The minimum Gasteiger partial charge on any atom is -0.493 e. The van der Waals surface area contributed by atoms with Gasteiger partial charge in [-0.3, -0.25) is 9.69 Å². The molecule has 1 aromatic heterocycles. The van der Waals surface area contributed by atoms with Gasteiger partial charge in [-0.25, -0.2) is 0 Å². The summed E-state index contributed by atoms with van der Waals surface area (Å²) in [5.41, 5.74) is 4.86. The molecule has 0 spiro atoms. The molecule has 3 aromatic rings. The van der Waals surface area contributed by atoms with Crippen LogP contribution in [0.25, 0.3) is 0 Å². The molecule has 180 valence electrons. The van der Waals surface area contributed by atoms with Crippen molar-refractivity contribution in [3.05, 3.63) is 75.5 Å². The van der Waals surface area contributed by atoms with Crippen LogP contribution < -0.4 is 19.7 Å². The summed E-state index contributed by atoms with van der Waals surface area (Å²) in [6.45, 7) is 9.89. The van der Waals surface area contributed by atoms with Crippen LogP contribution in [0.2, 0.25) is 0 Å². The number of hydrogen-bond acceptors (Lipinski definition) is 6. The van der Waals surface area contributed by atoms with E-state index in [-0.39, 0.29) is 5.91 Å². The number of nitrogens with zero attached hydrogens (tertiary/aromatic N) is 2. The number of anilines is 1. The number of benzene rings is 2. The number of amides is 1. The second kappa shape index (κ2) is 11.4. The van der Waals surface area contributed by atoms with Gasteiger partial charge in [0.1, 0.15) is 6.61 Å². The highest BCUT2D eigenvalue weighted by Gasteiger charge is 2.19. The van der Waals surface area contributed by atoms with Crippen LogP contribution >= 0.6 is 11.3 Å². The molecule has 0 aliphatic carbocycles. The maximum Gasteiger partial charge on any atom is 0.261 e. The Kier molecular flexibility index (Phi) is 8.08. The molecule has 2 heterocycles. The van der Waals surface area contributed by atoms with Crippen LogP contribution in [0.1, 0.15) is 26.4 Å². The van der Waals surface area contributed by atoms with Crippen molar-refractivity contribution in [1.29, 1.82) is 0 Å². The first-order valence-corrected chi connectivity index (χ1v) is 12.6. The second-order valence-electron chi connectivity index (χ2n) is 8.57. The van der Waals surface area contributed by atoms with E-state index < -0.39 is 0 Å². The largest absolute Gasteiger partial charge is 0.493 e. The highest BCUT2D eigenvalue weighted by Crippen LogP contribution is 2.29. The number of thiophene rings is 1. The summed E-state index contributed by atoms with van der Waals surface area (Å²) in [4.78, 5) is 18.0. The maximum atomic E-state index is 12.3. The molecule has 0 saturated carbocycles. The van der Waals surface area contributed by atoms with Crippen LogP contribution in [-0.4, -0.2) is 57.2 Å². The van der Waals surface area contributed by atoms with E-state index in [0.717, 1.165) is 43.2 Å². The summed E-state index contributed by atoms with van der Waals surface area (Å²) in [5.74, 6) is 1.36. The zero-order chi connectivity index (χ0) is 23.9. The van der Waals surface area contributed by atoms with Crippen molar-refractivity contribution in [2.75, 3.05) is 51.3 Å². The lowest BCUT2D eigenvalue weighted by molar-refractivity contribution is 0.0950. The lowest BCUT2D eigenvalue weighted by Gasteiger charge is -2.36. The highest BCUT2D eigenvalue weighted by molar-refractivity contribution is 7.12. The van der Waals surface area contributed by atoms with Crippen LogP contribution in [0.4, 0.5) is 5.69 Å². The fourth-order valence-electron chi connectivity index (χ4n) is 4.27. The Morgan fingerprint density at radius 2 is 1.79 bits per heavy atom. The van der Waals surface area contributed by atoms with E-state index in [1.54, 1.807) is 7.11 Å². The Balaban J connectivity index is 1.28. The maximum absolute atomic E-state index is 12.3. The molecule has 1 saturated heterocycles. The number of rotatable bonds is 9. The van der Waals surface area contributed by atoms with Crippen molar-refractivity contribution in [2.24, 2.45) is 0 Å². The summed E-state index contributed by atoms with van der Waals surface area (Å²) in [6, 6.07) is 16.7. The standard InChI is InChI=1S/C27H33N3O3S/c1-20-6-4-5-7-23(20)30-14-12-29(13-15-30)19-22-8-9-24(32-3)25(18-22)33-16-11-28-27(31)26-21(2)10-17-34-26/h4-10,17-18H,11-16,19H2,1-3H3,(H,28,31). The topological polar surface area (TPSA) is 54.0 Å². The Labute approximate surface area is 206 Å². The van der Waals surface area contributed by atoms with E-state index in [9.17, 15) is 4.79 Å². The SMILES string of the molecule is COc1ccc(CN2CCN(c3ccccc3C)CC2)cc1OCCNC(=O)c1sccc1C. The zero-order valence-electron chi connectivity index (χ0n) is 20.2. The Morgan fingerprint density at radius 3 is 2.50 bits per heavy atom. The van der Waals surface area contributed by atoms with Gasteiger partial charge < -0.3 is 19.7 Å². The van der Waals surface area contributed by atoms with Gasteiger partial charge in [-0.15, -0.1) is 11.3 Å². The first-order valence-electron chi connectivity index (χ1n) is 11.7. The molecular weight excluding hydrogens is 446 g/mol. The molecule has 2 aromatic carbocycles. The fraction of sp³-hybridized carbons (Fsp3) is 0.370. The summed E-state index contributed by atoms with van der Waals surface area (Å²) >= 11 is 1.46. The van der Waals surface area contributed by atoms with Crippen LogP contribution in [0.15, 0.2) is 53.9 Å². The number of carbonyl (C=O) groups excluding carboxylic acids is 1. The van der Waals surface area contributed by atoms with Crippen LogP contribution in [-0.2, 0) is 6.54 Å². The average molecular weight is 480 g/mol. The molecule has 1 fully saturated rings. The highest BCUT2D eigenvalue weighted by atomic mass is 32.1. The predicted octanol–water partition coefficient (Wildman–Crippen LogP) is 4.50. The number of nitrogens with one attached hydrogen (secondary N) is 1. The number of ether oxygens (including phenoxy) is 2. The number of piperazine rings is 1. The summed E-state index contributed by atoms with van der Waals surface area (Å²) in [5, 5.41) is 4.86. The van der Waals surface area contributed by atoms with Crippen LogP contribution in [0.5, 0.6) is 11.5 Å². The van der Waals surface area contributed by atoms with E-state index in [0.29, 0.717) is 24.7 Å². The smallest absolute Gasteiger partial charge is 0.261 e. The monoisotopic (exact) mass is 479 g/mol. The molecule has 0 bridgehead atoms. The van der Waals surface area contributed by atoms with E-state index in [1.807, 2.05) is 24.4 Å². The van der Waals surface area contributed by atoms with Crippen molar-refractivity contribution in [1.82, 2.24) is 10.2 Å². The fourth-order valence-corrected chi connectivity index (χ4v) is 5.11. The minimum atomic E-state index is -0.0540. The second-order valence-corrected chi connectivity index (χ2v) is 9.49. The lowest BCUT2D eigenvalue weighted by Crippen LogP contribution is -2.46. The van der Waals surface area contributed by atoms with Gasteiger partial charge >= 0.3 is 0 Å². The van der Waals surface area contributed by atoms with Gasteiger partial charge in [0.05, 0.1) is 18.5 Å². The third-order valence-electron chi connectivity index (χ3n) is 6.18. The molecule has 1 aliphatic heterocycles. The molecule has 0 radical (unpaired) electrons. The number of para-hydroxylation sites is 1. The first-order chi connectivity index (χ1) is 16.5. The van der Waals surface area contributed by atoms with Gasteiger partial charge in [-0.05, 0) is 60.2 Å². The van der Waals surface area contributed by atoms with Gasteiger partial charge in [0, 0.05) is 38.4 Å². The van der Waals surface area contributed by atoms with Crippen molar-refractivity contribution in [3.63, 3.8) is 0 Å². The van der Waals surface area contributed by atoms with Crippen molar-refractivity contribution in [2.45, 2.75) is 20.4 Å². The Morgan fingerprint density at radius 1 is 1.00 bits per heavy atom. The summed E-state index contributed by atoms with van der Waals surface area (Å²) in [7, 11) is 1.65. The van der Waals surface area contributed by atoms with Gasteiger partial charge in [-0.1, -0.05) is 24.3 Å². The van der Waals surface area contributed by atoms with Gasteiger partial charge in [0.2, 0.25) is 0 Å². The average Bonchev–Trinajstić information content (AvgIpc) is 3.29. The molecule has 0 unspecified atom stereocenters. The zero-order valence-corrected chi connectivity index (χ0v) is 21.0. The molecule has 1 N–H and O–H groups in total. The summed E-state index contributed by atoms with van der Waals surface area (Å²) in [6.07, 6.45) is 0. The van der Waals surface area contributed by atoms with E-state index in [2.05, 4.69) is 58.4 Å². The molecule has 4 rings (SSSR count). The van der Waals surface area contributed by atoms with Gasteiger partial charge in [-0.2, -0.15) is 0 Å². The predicted molar refractivity (Wildman–Crippen MR) is 139 cm³/mol. The minimum absolute atomic E-state index is 0.0540. The molecule has 0 atom stereocenters. The van der Waals surface area contributed by atoms with E-state index in [4.69, 9.17) is 9.47 Å². The Hall–Kier alpha value is -3.03. The molecule has 6 nitrogen and oxygen atoms in total. The summed E-state index contributed by atoms with van der Waals surface area (Å²) < 4.78 is 11.5. The van der Waals surface area contributed by atoms with Gasteiger partial charge in [0.25, 0.3) is 5.91 Å². The van der Waals surface area contributed by atoms with Gasteiger partial charge in [0.15, 0.2) is 11.5 Å². The van der Waals surface area contributed by atoms with Crippen LogP contribution in [0.3, 0.4) is 0 Å².